The van der Waals surface area contributed by atoms with Crippen molar-refractivity contribution in [2.24, 2.45) is 0 Å². The largest absolute Gasteiger partial charge is 0.351 e. The highest BCUT2D eigenvalue weighted by molar-refractivity contribution is 8.00. The Morgan fingerprint density at radius 1 is 1.10 bits per heavy atom. The third-order valence-corrected chi connectivity index (χ3v) is 6.74. The number of nitrogens with one attached hydrogen (secondary N) is 1. The van der Waals surface area contributed by atoms with Gasteiger partial charge < -0.3 is 5.32 Å². The van der Waals surface area contributed by atoms with Crippen LogP contribution in [0.5, 0.6) is 0 Å². The van der Waals surface area contributed by atoms with Crippen molar-refractivity contribution in [1.29, 1.82) is 0 Å². The van der Waals surface area contributed by atoms with Crippen molar-refractivity contribution in [3.63, 3.8) is 0 Å². The van der Waals surface area contributed by atoms with Gasteiger partial charge in [0.2, 0.25) is 5.91 Å². The van der Waals surface area contributed by atoms with E-state index in [2.05, 4.69) is 5.32 Å². The van der Waals surface area contributed by atoms with Gasteiger partial charge in [0.1, 0.15) is 0 Å². The van der Waals surface area contributed by atoms with Gasteiger partial charge in [-0.25, -0.2) is 4.98 Å². The summed E-state index contributed by atoms with van der Waals surface area (Å²) in [5, 5.41) is 3.94. The molecule has 0 aliphatic heterocycles. The maximum Gasteiger partial charge on any atom is 0.262 e. The molecule has 6 heteroatoms. The summed E-state index contributed by atoms with van der Waals surface area (Å²) >= 11 is 1.38. The maximum atomic E-state index is 13.3. The number of para-hydroxylation sites is 1. The zero-order valence-corrected chi connectivity index (χ0v) is 18.0. The van der Waals surface area contributed by atoms with Crippen molar-refractivity contribution in [3.8, 4) is 0 Å². The van der Waals surface area contributed by atoms with E-state index in [1.807, 2.05) is 66.1 Å². The van der Waals surface area contributed by atoms with Crippen LogP contribution < -0.4 is 10.9 Å². The molecule has 0 bridgehead atoms. The van der Waals surface area contributed by atoms with Crippen LogP contribution >= 0.6 is 11.8 Å². The molecule has 1 aromatic heterocycles. The number of aromatic nitrogens is 2. The van der Waals surface area contributed by atoms with Gasteiger partial charge in [0.05, 0.1) is 16.2 Å². The first-order valence-corrected chi connectivity index (χ1v) is 11.5. The lowest BCUT2D eigenvalue weighted by Crippen LogP contribution is -2.33. The van der Waals surface area contributed by atoms with E-state index in [1.165, 1.54) is 18.2 Å². The predicted molar refractivity (Wildman–Crippen MR) is 122 cm³/mol. The van der Waals surface area contributed by atoms with E-state index >= 15 is 0 Å². The number of carbonyl (C=O) groups is 1. The SMILES string of the molecule is C[C@H](Sc1nc2ccccc2c(=O)n1C1CCCCC1)C(=O)NCc1ccccc1. The fourth-order valence-corrected chi connectivity index (χ4v) is 5.01. The van der Waals surface area contributed by atoms with Gasteiger partial charge in [-0.15, -0.1) is 0 Å². The second-order valence-corrected chi connectivity index (χ2v) is 9.15. The summed E-state index contributed by atoms with van der Waals surface area (Å²) in [6.07, 6.45) is 5.44. The number of fused-ring (bicyclic) bond motifs is 1. The van der Waals surface area contributed by atoms with Gasteiger partial charge in [-0.05, 0) is 37.5 Å². The summed E-state index contributed by atoms with van der Waals surface area (Å²) < 4.78 is 1.85. The van der Waals surface area contributed by atoms with Crippen LogP contribution in [0.1, 0.15) is 50.6 Å². The molecule has 1 atom stereocenters. The van der Waals surface area contributed by atoms with E-state index in [4.69, 9.17) is 4.98 Å². The van der Waals surface area contributed by atoms with E-state index in [0.717, 1.165) is 31.2 Å². The van der Waals surface area contributed by atoms with Crippen LogP contribution in [0.4, 0.5) is 0 Å². The predicted octanol–water partition coefficient (Wildman–Crippen LogP) is 4.70. The molecule has 1 aliphatic carbocycles. The minimum atomic E-state index is -0.350. The second kappa shape index (κ2) is 9.47. The molecule has 0 unspecified atom stereocenters. The zero-order chi connectivity index (χ0) is 20.9. The summed E-state index contributed by atoms with van der Waals surface area (Å²) in [5.41, 5.74) is 1.76. The normalized spacial score (nSPS) is 15.8. The Balaban J connectivity index is 1.58. The molecule has 1 N–H and O–H groups in total. The van der Waals surface area contributed by atoms with Gasteiger partial charge in [-0.1, -0.05) is 73.5 Å². The number of thioether (sulfide) groups is 1. The molecule has 0 spiro atoms. The molecular formula is C24H27N3O2S. The van der Waals surface area contributed by atoms with Gasteiger partial charge in [0.15, 0.2) is 5.16 Å². The molecule has 1 heterocycles. The Morgan fingerprint density at radius 2 is 1.80 bits per heavy atom. The minimum absolute atomic E-state index is 0.00638. The van der Waals surface area contributed by atoms with Gasteiger partial charge >= 0.3 is 0 Å². The number of carbonyl (C=O) groups excluding carboxylic acids is 1. The van der Waals surface area contributed by atoms with Gasteiger partial charge in [-0.3, -0.25) is 14.2 Å². The number of benzene rings is 2. The molecule has 4 rings (SSSR count). The van der Waals surface area contributed by atoms with E-state index in [-0.39, 0.29) is 22.8 Å². The third-order valence-electron chi connectivity index (χ3n) is 5.68. The number of hydrogen-bond donors (Lipinski definition) is 1. The van der Waals surface area contributed by atoms with Crippen LogP contribution in [0, 0.1) is 0 Å². The first-order valence-electron chi connectivity index (χ1n) is 10.6. The zero-order valence-electron chi connectivity index (χ0n) is 17.2. The lowest BCUT2D eigenvalue weighted by atomic mass is 9.95. The summed E-state index contributed by atoms with van der Waals surface area (Å²) in [6, 6.07) is 17.5. The maximum absolute atomic E-state index is 13.3. The van der Waals surface area contributed by atoms with Crippen molar-refractivity contribution >= 4 is 28.6 Å². The minimum Gasteiger partial charge on any atom is -0.351 e. The Labute approximate surface area is 180 Å². The van der Waals surface area contributed by atoms with Crippen LogP contribution in [0.2, 0.25) is 0 Å². The highest BCUT2D eigenvalue weighted by Gasteiger charge is 2.24. The molecule has 5 nitrogen and oxygen atoms in total. The topological polar surface area (TPSA) is 64.0 Å². The van der Waals surface area contributed by atoms with Gasteiger partial charge in [-0.2, -0.15) is 0 Å². The Bertz CT molecular complexity index is 1070. The Morgan fingerprint density at radius 3 is 2.57 bits per heavy atom. The summed E-state index contributed by atoms with van der Waals surface area (Å²) in [5.74, 6) is -0.0542. The summed E-state index contributed by atoms with van der Waals surface area (Å²) in [4.78, 5) is 30.8. The number of amides is 1. The van der Waals surface area contributed by atoms with E-state index < -0.39 is 0 Å². The van der Waals surface area contributed by atoms with Crippen molar-refractivity contribution < 1.29 is 4.79 Å². The smallest absolute Gasteiger partial charge is 0.262 e. The molecule has 1 aliphatic rings. The highest BCUT2D eigenvalue weighted by atomic mass is 32.2. The molecule has 0 saturated heterocycles. The van der Waals surface area contributed by atoms with E-state index in [1.54, 1.807) is 0 Å². The average molecular weight is 422 g/mol. The Kier molecular flexibility index (Phi) is 6.53. The number of rotatable bonds is 6. The Hall–Kier alpha value is -2.60. The van der Waals surface area contributed by atoms with Crippen LogP contribution in [-0.2, 0) is 11.3 Å². The standard InChI is InChI=1S/C24H27N3O2S/c1-17(22(28)25-16-18-10-4-2-5-11-18)30-24-26-21-15-9-8-14-20(21)23(29)27(24)19-12-6-3-7-13-19/h2,4-5,8-11,14-15,17,19H,3,6-7,12-13,16H2,1H3,(H,25,28)/t17-/m0/s1. The van der Waals surface area contributed by atoms with Crippen molar-refractivity contribution in [1.82, 2.24) is 14.9 Å². The van der Waals surface area contributed by atoms with Crippen molar-refractivity contribution in [2.45, 2.75) is 62.0 Å². The van der Waals surface area contributed by atoms with Gasteiger partial charge in [0, 0.05) is 12.6 Å². The first-order chi connectivity index (χ1) is 14.6. The third kappa shape index (κ3) is 4.59. The van der Waals surface area contributed by atoms with Crippen LogP contribution in [0.3, 0.4) is 0 Å². The molecule has 1 amide bonds. The summed E-state index contributed by atoms with van der Waals surface area (Å²) in [7, 11) is 0. The highest BCUT2D eigenvalue weighted by Crippen LogP contribution is 2.32. The fraction of sp³-hybridized carbons (Fsp3) is 0.375. The van der Waals surface area contributed by atoms with Crippen molar-refractivity contribution in [2.75, 3.05) is 0 Å². The molecular weight excluding hydrogens is 394 g/mol. The molecule has 2 aromatic carbocycles. The quantitative estimate of drug-likeness (QED) is 0.463. The average Bonchev–Trinajstić information content (AvgIpc) is 2.79. The fourth-order valence-electron chi connectivity index (χ4n) is 4.01. The molecule has 3 aromatic rings. The lowest BCUT2D eigenvalue weighted by molar-refractivity contribution is -0.120. The lowest BCUT2D eigenvalue weighted by Gasteiger charge is -2.26. The van der Waals surface area contributed by atoms with Crippen LogP contribution in [0.25, 0.3) is 10.9 Å². The van der Waals surface area contributed by atoms with E-state index in [9.17, 15) is 9.59 Å². The molecule has 0 radical (unpaired) electrons. The number of nitrogens with zero attached hydrogens (tertiary/aromatic N) is 2. The van der Waals surface area contributed by atoms with Crippen molar-refractivity contribution in [3.05, 3.63) is 70.5 Å². The molecule has 156 valence electrons. The first kappa shape index (κ1) is 20.7. The summed E-state index contributed by atoms with van der Waals surface area (Å²) in [6.45, 7) is 2.36. The van der Waals surface area contributed by atoms with E-state index in [0.29, 0.717) is 22.6 Å². The second-order valence-electron chi connectivity index (χ2n) is 7.84. The molecule has 1 fully saturated rings. The molecule has 30 heavy (non-hydrogen) atoms. The van der Waals surface area contributed by atoms with Crippen LogP contribution in [-0.4, -0.2) is 20.7 Å². The number of hydrogen-bond acceptors (Lipinski definition) is 4. The molecule has 1 saturated carbocycles. The van der Waals surface area contributed by atoms with Crippen LogP contribution in [0.15, 0.2) is 64.5 Å². The van der Waals surface area contributed by atoms with Gasteiger partial charge in [0.25, 0.3) is 5.56 Å². The monoisotopic (exact) mass is 421 g/mol.